The quantitative estimate of drug-likeness (QED) is 0.736. The van der Waals surface area contributed by atoms with E-state index < -0.39 is 0 Å². The molecule has 4 rings (SSSR count). The maximum atomic E-state index is 12.9. The van der Waals surface area contributed by atoms with Crippen molar-refractivity contribution in [1.82, 2.24) is 20.0 Å². The topological polar surface area (TPSA) is 80.4 Å². The van der Waals surface area contributed by atoms with Gasteiger partial charge in [0.05, 0.1) is 17.7 Å². The van der Waals surface area contributed by atoms with Crippen molar-refractivity contribution in [2.75, 3.05) is 19.6 Å². The van der Waals surface area contributed by atoms with E-state index in [4.69, 9.17) is 4.42 Å². The van der Waals surface area contributed by atoms with Crippen LogP contribution in [0.5, 0.6) is 0 Å². The molecule has 0 radical (unpaired) electrons. The number of aryl methyl sites for hydroxylation is 1. The maximum Gasteiger partial charge on any atom is 0.274 e. The molecule has 7 nitrogen and oxygen atoms in total. The summed E-state index contributed by atoms with van der Waals surface area (Å²) < 4.78 is 6.85. The van der Waals surface area contributed by atoms with Crippen LogP contribution in [0.4, 0.5) is 0 Å². The fourth-order valence-electron chi connectivity index (χ4n) is 3.86. The first-order valence-corrected chi connectivity index (χ1v) is 9.67. The van der Waals surface area contributed by atoms with Crippen molar-refractivity contribution in [1.29, 1.82) is 0 Å². The molecule has 1 saturated heterocycles. The zero-order valence-corrected chi connectivity index (χ0v) is 15.9. The lowest BCUT2D eigenvalue weighted by molar-refractivity contribution is 0.0909. The molecule has 2 aromatic heterocycles. The van der Waals surface area contributed by atoms with Gasteiger partial charge < -0.3 is 9.73 Å². The molecule has 1 aliphatic heterocycles. The third kappa shape index (κ3) is 3.57. The number of nitrogens with one attached hydrogen (secondary N) is 1. The number of carbonyl (C=O) groups excluding carboxylic acids is 1. The molecule has 0 bridgehead atoms. The van der Waals surface area contributed by atoms with E-state index in [9.17, 15) is 9.59 Å². The Morgan fingerprint density at radius 2 is 1.89 bits per heavy atom. The number of aromatic nitrogens is 2. The Balaban J connectivity index is 1.58. The normalized spacial score (nSPS) is 16.2. The first-order valence-electron chi connectivity index (χ1n) is 9.67. The van der Waals surface area contributed by atoms with E-state index in [1.807, 2.05) is 12.1 Å². The zero-order chi connectivity index (χ0) is 19.5. The second kappa shape index (κ2) is 7.98. The predicted octanol–water partition coefficient (Wildman–Crippen LogP) is 2.48. The second-order valence-corrected chi connectivity index (χ2v) is 7.16. The number of benzene rings is 1. The molecule has 1 atom stereocenters. The molecule has 3 aromatic rings. The highest BCUT2D eigenvalue weighted by Crippen LogP contribution is 2.24. The average Bonchev–Trinajstić information content (AvgIpc) is 3.26. The van der Waals surface area contributed by atoms with Crippen molar-refractivity contribution in [3.8, 4) is 0 Å². The summed E-state index contributed by atoms with van der Waals surface area (Å²) in [5.74, 6) is 0.556. The molecule has 1 aliphatic rings. The van der Waals surface area contributed by atoms with Gasteiger partial charge in [-0.15, -0.1) is 0 Å². The van der Waals surface area contributed by atoms with Gasteiger partial charge in [0.25, 0.3) is 11.5 Å². The van der Waals surface area contributed by atoms with E-state index in [0.717, 1.165) is 31.7 Å². The van der Waals surface area contributed by atoms with Crippen LogP contribution < -0.4 is 10.9 Å². The minimum Gasteiger partial charge on any atom is -0.468 e. The van der Waals surface area contributed by atoms with Crippen LogP contribution >= 0.6 is 0 Å². The van der Waals surface area contributed by atoms with Crippen molar-refractivity contribution >= 4 is 16.7 Å². The third-order valence-corrected chi connectivity index (χ3v) is 5.33. The lowest BCUT2D eigenvalue weighted by atomic mass is 10.1. The molecule has 3 heterocycles. The number of fused-ring (bicyclic) bond motifs is 1. The number of hydrogen-bond acceptors (Lipinski definition) is 5. The number of amides is 1. The van der Waals surface area contributed by atoms with Crippen molar-refractivity contribution in [3.05, 3.63) is 64.5 Å². The molecule has 0 aliphatic carbocycles. The highest BCUT2D eigenvalue weighted by molar-refractivity contribution is 6.04. The standard InChI is InChI=1S/C21H24N4O3/c1-24-21(27)16-9-4-3-8-15(16)19(23-24)20(26)22-14-17(18-10-7-13-28-18)25-11-5-2-6-12-25/h3-4,7-10,13,17H,2,5-6,11-12,14H2,1H3,(H,22,26)/t17-/m1/s1. The van der Waals surface area contributed by atoms with Crippen LogP contribution in [0.25, 0.3) is 10.8 Å². The number of piperidine rings is 1. The Morgan fingerprint density at radius 3 is 2.61 bits per heavy atom. The minimum atomic E-state index is -0.291. The molecular formula is C21H24N4O3. The van der Waals surface area contributed by atoms with E-state index in [1.165, 1.54) is 11.1 Å². The van der Waals surface area contributed by atoms with Crippen LogP contribution in [-0.2, 0) is 7.05 Å². The van der Waals surface area contributed by atoms with Gasteiger partial charge in [0.1, 0.15) is 5.76 Å². The maximum absolute atomic E-state index is 12.9. The Bertz CT molecular complexity index is 1020. The van der Waals surface area contributed by atoms with Gasteiger partial charge in [0.2, 0.25) is 0 Å². The summed E-state index contributed by atoms with van der Waals surface area (Å²) in [5.41, 5.74) is 0.0449. The summed E-state index contributed by atoms with van der Waals surface area (Å²) in [6.45, 7) is 2.40. The minimum absolute atomic E-state index is 0.0157. The van der Waals surface area contributed by atoms with Crippen molar-refractivity contribution in [2.45, 2.75) is 25.3 Å². The fraction of sp³-hybridized carbons (Fsp3) is 0.381. The summed E-state index contributed by atoms with van der Waals surface area (Å²) in [5, 5.41) is 8.27. The van der Waals surface area contributed by atoms with Gasteiger partial charge in [0, 0.05) is 19.0 Å². The number of nitrogens with zero attached hydrogens (tertiary/aromatic N) is 3. The van der Waals surface area contributed by atoms with Crippen LogP contribution in [-0.4, -0.2) is 40.2 Å². The van der Waals surface area contributed by atoms with Gasteiger partial charge in [-0.1, -0.05) is 24.6 Å². The molecule has 28 heavy (non-hydrogen) atoms. The Kier molecular flexibility index (Phi) is 5.25. The third-order valence-electron chi connectivity index (χ3n) is 5.33. The molecule has 146 valence electrons. The molecule has 7 heteroatoms. The molecule has 0 spiro atoms. The summed E-state index contributed by atoms with van der Waals surface area (Å²) in [4.78, 5) is 27.6. The Morgan fingerprint density at radius 1 is 1.14 bits per heavy atom. The highest BCUT2D eigenvalue weighted by atomic mass is 16.3. The molecule has 1 N–H and O–H groups in total. The van der Waals surface area contributed by atoms with Gasteiger partial charge in [-0.05, 0) is 44.1 Å². The second-order valence-electron chi connectivity index (χ2n) is 7.16. The molecule has 0 unspecified atom stereocenters. The number of likely N-dealkylation sites (tertiary alicyclic amines) is 1. The molecule has 1 fully saturated rings. The number of hydrogen-bond donors (Lipinski definition) is 1. The summed E-state index contributed by atoms with van der Waals surface area (Å²) >= 11 is 0. The lowest BCUT2D eigenvalue weighted by Crippen LogP contribution is -2.41. The number of carbonyl (C=O) groups is 1. The van der Waals surface area contributed by atoms with Crippen molar-refractivity contribution in [3.63, 3.8) is 0 Å². The SMILES string of the molecule is Cn1nc(C(=O)NC[C@H](c2ccco2)N2CCCCC2)c2ccccc2c1=O. The molecule has 0 saturated carbocycles. The van der Waals surface area contributed by atoms with Crippen LogP contribution in [0, 0.1) is 0 Å². The van der Waals surface area contributed by atoms with Crippen LogP contribution in [0.15, 0.2) is 51.9 Å². The molecule has 1 aromatic carbocycles. The van der Waals surface area contributed by atoms with Gasteiger partial charge in [-0.3, -0.25) is 14.5 Å². The monoisotopic (exact) mass is 380 g/mol. The van der Waals surface area contributed by atoms with E-state index in [-0.39, 0.29) is 23.2 Å². The number of furan rings is 1. The average molecular weight is 380 g/mol. The van der Waals surface area contributed by atoms with E-state index in [2.05, 4.69) is 15.3 Å². The smallest absolute Gasteiger partial charge is 0.274 e. The first kappa shape index (κ1) is 18.4. The Labute approximate surface area is 162 Å². The summed E-state index contributed by atoms with van der Waals surface area (Å²) in [6.07, 6.45) is 5.20. The highest BCUT2D eigenvalue weighted by Gasteiger charge is 2.26. The van der Waals surface area contributed by atoms with E-state index >= 15 is 0 Å². The molecule has 1 amide bonds. The van der Waals surface area contributed by atoms with E-state index in [1.54, 1.807) is 37.6 Å². The van der Waals surface area contributed by atoms with Crippen LogP contribution in [0.2, 0.25) is 0 Å². The zero-order valence-electron chi connectivity index (χ0n) is 15.9. The number of rotatable bonds is 5. The predicted molar refractivity (Wildman–Crippen MR) is 106 cm³/mol. The fourth-order valence-corrected chi connectivity index (χ4v) is 3.86. The van der Waals surface area contributed by atoms with Gasteiger partial charge in [-0.2, -0.15) is 5.10 Å². The van der Waals surface area contributed by atoms with Gasteiger partial charge >= 0.3 is 0 Å². The summed E-state index contributed by atoms with van der Waals surface area (Å²) in [7, 11) is 1.56. The van der Waals surface area contributed by atoms with E-state index in [0.29, 0.717) is 17.3 Å². The Hall–Kier alpha value is -2.93. The summed E-state index contributed by atoms with van der Waals surface area (Å²) in [6, 6.07) is 10.9. The van der Waals surface area contributed by atoms with Crippen molar-refractivity contribution < 1.29 is 9.21 Å². The van der Waals surface area contributed by atoms with Crippen LogP contribution in [0.3, 0.4) is 0 Å². The van der Waals surface area contributed by atoms with Crippen molar-refractivity contribution in [2.24, 2.45) is 7.05 Å². The van der Waals surface area contributed by atoms with Crippen LogP contribution in [0.1, 0.15) is 41.6 Å². The lowest BCUT2D eigenvalue weighted by Gasteiger charge is -2.33. The van der Waals surface area contributed by atoms with Gasteiger partial charge in [0.15, 0.2) is 5.69 Å². The largest absolute Gasteiger partial charge is 0.468 e. The molecular weight excluding hydrogens is 356 g/mol. The van der Waals surface area contributed by atoms with Gasteiger partial charge in [-0.25, -0.2) is 4.68 Å². The first-order chi connectivity index (χ1) is 13.6.